The number of carbonyl (C=O) groups is 1. The van der Waals surface area contributed by atoms with Crippen molar-refractivity contribution >= 4 is 34.3 Å². The first-order chi connectivity index (χ1) is 16.0. The molecule has 166 valence electrons. The van der Waals surface area contributed by atoms with Crippen LogP contribution < -0.4 is 10.2 Å². The Morgan fingerprint density at radius 3 is 2.33 bits per heavy atom. The molecule has 2 aromatic heterocycles. The Kier molecular flexibility index (Phi) is 5.56. The lowest BCUT2D eigenvalue weighted by molar-refractivity contribution is 0.0746. The van der Waals surface area contributed by atoms with Gasteiger partial charge < -0.3 is 15.1 Å². The number of nitrogens with zero attached hydrogens (tertiary/aromatic N) is 6. The van der Waals surface area contributed by atoms with Crippen molar-refractivity contribution in [2.24, 2.45) is 0 Å². The molecule has 0 aliphatic carbocycles. The number of amides is 1. The summed E-state index contributed by atoms with van der Waals surface area (Å²) >= 11 is 0. The second kappa shape index (κ2) is 8.82. The van der Waals surface area contributed by atoms with Crippen molar-refractivity contribution in [1.29, 1.82) is 0 Å². The van der Waals surface area contributed by atoms with Crippen LogP contribution >= 0.6 is 0 Å². The van der Waals surface area contributed by atoms with Gasteiger partial charge in [0.05, 0.1) is 11.0 Å². The Balaban J connectivity index is 1.27. The van der Waals surface area contributed by atoms with Crippen LogP contribution in [0.2, 0.25) is 0 Å². The summed E-state index contributed by atoms with van der Waals surface area (Å²) in [6.07, 6.45) is 3.29. The van der Waals surface area contributed by atoms with Gasteiger partial charge in [-0.3, -0.25) is 14.8 Å². The van der Waals surface area contributed by atoms with Crippen molar-refractivity contribution in [2.45, 2.75) is 13.8 Å². The molecule has 0 radical (unpaired) electrons. The van der Waals surface area contributed by atoms with Gasteiger partial charge in [-0.2, -0.15) is 0 Å². The van der Waals surface area contributed by atoms with Crippen LogP contribution in [-0.2, 0) is 0 Å². The van der Waals surface area contributed by atoms with Crippen molar-refractivity contribution in [3.05, 3.63) is 77.9 Å². The topological polar surface area (TPSA) is 87.1 Å². The lowest BCUT2D eigenvalue weighted by Crippen LogP contribution is -2.49. The van der Waals surface area contributed by atoms with E-state index in [-0.39, 0.29) is 5.91 Å². The highest BCUT2D eigenvalue weighted by molar-refractivity contribution is 5.97. The number of anilines is 3. The van der Waals surface area contributed by atoms with Gasteiger partial charge >= 0.3 is 0 Å². The molecule has 1 aliphatic rings. The molecule has 5 rings (SSSR count). The maximum Gasteiger partial charge on any atom is 0.254 e. The maximum atomic E-state index is 13.0. The van der Waals surface area contributed by atoms with Crippen LogP contribution in [0, 0.1) is 13.8 Å². The van der Waals surface area contributed by atoms with Crippen molar-refractivity contribution in [3.63, 3.8) is 0 Å². The number of carbonyl (C=O) groups excluding carboxylic acids is 1. The average molecular weight is 440 g/mol. The fourth-order valence-corrected chi connectivity index (χ4v) is 3.98. The Morgan fingerprint density at radius 2 is 1.58 bits per heavy atom. The summed E-state index contributed by atoms with van der Waals surface area (Å²) < 4.78 is 0. The molecule has 0 bridgehead atoms. The van der Waals surface area contributed by atoms with E-state index in [9.17, 15) is 4.79 Å². The minimum absolute atomic E-state index is 0.0165. The smallest absolute Gasteiger partial charge is 0.254 e. The molecular weight excluding hydrogens is 414 g/mol. The highest BCUT2D eigenvalue weighted by atomic mass is 16.2. The second-order valence-corrected chi connectivity index (χ2v) is 8.19. The van der Waals surface area contributed by atoms with E-state index in [1.54, 1.807) is 12.4 Å². The molecule has 0 unspecified atom stereocenters. The first-order valence-electron chi connectivity index (χ1n) is 11.0. The first kappa shape index (κ1) is 20.8. The van der Waals surface area contributed by atoms with Crippen LogP contribution in [0.4, 0.5) is 17.3 Å². The van der Waals surface area contributed by atoms with E-state index in [0.29, 0.717) is 37.6 Å². The van der Waals surface area contributed by atoms with Crippen LogP contribution in [0.25, 0.3) is 11.0 Å². The Labute approximate surface area is 192 Å². The van der Waals surface area contributed by atoms with Gasteiger partial charge in [-0.15, -0.1) is 0 Å². The van der Waals surface area contributed by atoms with Gasteiger partial charge in [0.1, 0.15) is 17.5 Å². The van der Waals surface area contributed by atoms with Crippen LogP contribution in [-0.4, -0.2) is 56.9 Å². The number of nitrogens with one attached hydrogen (secondary N) is 1. The normalized spacial score (nSPS) is 13.9. The molecule has 8 nitrogen and oxygen atoms in total. The van der Waals surface area contributed by atoms with Crippen molar-refractivity contribution in [2.75, 3.05) is 36.4 Å². The molecule has 8 heteroatoms. The Morgan fingerprint density at radius 1 is 0.848 bits per heavy atom. The zero-order valence-corrected chi connectivity index (χ0v) is 18.7. The molecule has 1 N–H and O–H groups in total. The molecule has 4 aromatic rings. The zero-order chi connectivity index (χ0) is 22.8. The summed E-state index contributed by atoms with van der Waals surface area (Å²) in [6.45, 7) is 6.63. The van der Waals surface area contributed by atoms with Crippen LogP contribution in [0.5, 0.6) is 0 Å². The number of fused-ring (bicyclic) bond motifs is 1. The molecule has 1 aliphatic heterocycles. The molecule has 2 aromatic carbocycles. The minimum Gasteiger partial charge on any atom is -0.353 e. The van der Waals surface area contributed by atoms with Gasteiger partial charge in [-0.1, -0.05) is 17.7 Å². The van der Waals surface area contributed by atoms with E-state index in [2.05, 4.69) is 49.2 Å². The van der Waals surface area contributed by atoms with Gasteiger partial charge in [0.2, 0.25) is 0 Å². The summed E-state index contributed by atoms with van der Waals surface area (Å²) in [5.41, 5.74) is 4.35. The largest absolute Gasteiger partial charge is 0.353 e. The number of rotatable bonds is 4. The van der Waals surface area contributed by atoms with E-state index in [0.717, 1.165) is 28.4 Å². The lowest BCUT2D eigenvalue weighted by Gasteiger charge is -2.35. The van der Waals surface area contributed by atoms with Crippen molar-refractivity contribution in [3.8, 4) is 0 Å². The number of benzene rings is 2. The first-order valence-corrected chi connectivity index (χ1v) is 11.0. The van der Waals surface area contributed by atoms with Gasteiger partial charge in [0, 0.05) is 55.9 Å². The van der Waals surface area contributed by atoms with Crippen molar-refractivity contribution < 1.29 is 4.79 Å². The van der Waals surface area contributed by atoms with Crippen LogP contribution in [0.3, 0.4) is 0 Å². The quantitative estimate of drug-likeness (QED) is 0.518. The fourth-order valence-electron chi connectivity index (χ4n) is 3.98. The highest BCUT2D eigenvalue weighted by Crippen LogP contribution is 2.22. The summed E-state index contributed by atoms with van der Waals surface area (Å²) in [5, 5.41) is 3.36. The number of piperazine rings is 1. The van der Waals surface area contributed by atoms with Crippen molar-refractivity contribution in [1.82, 2.24) is 24.8 Å². The number of hydrogen-bond acceptors (Lipinski definition) is 7. The third-order valence-electron chi connectivity index (χ3n) is 5.76. The van der Waals surface area contributed by atoms with Crippen LogP contribution in [0.1, 0.15) is 21.7 Å². The zero-order valence-electron chi connectivity index (χ0n) is 18.7. The third-order valence-corrected chi connectivity index (χ3v) is 5.76. The molecule has 33 heavy (non-hydrogen) atoms. The van der Waals surface area contributed by atoms with Gasteiger partial charge in [0.15, 0.2) is 0 Å². The number of hydrogen-bond donors (Lipinski definition) is 1. The second-order valence-electron chi connectivity index (χ2n) is 8.19. The molecule has 3 heterocycles. The SMILES string of the molecule is Cc1ccc(Nc2cc(N3CCN(C(=O)c4ccc5nccnc5c4)CC3)nc(C)n2)cc1. The summed E-state index contributed by atoms with van der Waals surface area (Å²) in [7, 11) is 0. The summed E-state index contributed by atoms with van der Waals surface area (Å²) in [6, 6.07) is 15.6. The van der Waals surface area contributed by atoms with E-state index in [4.69, 9.17) is 0 Å². The molecule has 0 atom stereocenters. The fraction of sp³-hybridized carbons (Fsp3) is 0.240. The van der Waals surface area contributed by atoms with Gasteiger partial charge in [-0.25, -0.2) is 9.97 Å². The third kappa shape index (κ3) is 4.59. The summed E-state index contributed by atoms with van der Waals surface area (Å²) in [5.74, 6) is 2.35. The number of aryl methyl sites for hydroxylation is 2. The molecule has 0 saturated carbocycles. The predicted molar refractivity (Wildman–Crippen MR) is 129 cm³/mol. The molecule has 1 saturated heterocycles. The average Bonchev–Trinajstić information content (AvgIpc) is 2.84. The molecule has 0 spiro atoms. The van der Waals surface area contributed by atoms with Crippen LogP contribution in [0.15, 0.2) is 60.9 Å². The molecular formula is C25H25N7O. The summed E-state index contributed by atoms with van der Waals surface area (Å²) in [4.78, 5) is 34.9. The van der Waals surface area contributed by atoms with Gasteiger partial charge in [-0.05, 0) is 44.2 Å². The van der Waals surface area contributed by atoms with Gasteiger partial charge in [0.25, 0.3) is 5.91 Å². The molecule has 1 amide bonds. The van der Waals surface area contributed by atoms with E-state index >= 15 is 0 Å². The Bertz CT molecular complexity index is 1300. The standard InChI is InChI=1S/C25H25N7O/c1-17-3-6-20(7-4-17)30-23-16-24(29-18(2)28-23)31-11-13-32(14-12-31)25(33)19-5-8-21-22(15-19)27-10-9-26-21/h3-10,15-16H,11-14H2,1-2H3,(H,28,29,30). The molecule has 1 fully saturated rings. The van der Waals surface area contributed by atoms with E-state index in [1.165, 1.54) is 5.56 Å². The predicted octanol–water partition coefficient (Wildman–Crippen LogP) is 3.74. The Hall–Kier alpha value is -4.07. The number of aromatic nitrogens is 4. The minimum atomic E-state index is 0.0165. The van der Waals surface area contributed by atoms with E-state index < -0.39 is 0 Å². The maximum absolute atomic E-state index is 13.0. The van der Waals surface area contributed by atoms with E-state index in [1.807, 2.05) is 48.2 Å². The monoisotopic (exact) mass is 439 g/mol. The highest BCUT2D eigenvalue weighted by Gasteiger charge is 2.23. The lowest BCUT2D eigenvalue weighted by atomic mass is 10.1.